The van der Waals surface area contributed by atoms with Crippen LogP contribution in [0.1, 0.15) is 12.5 Å². The Balaban J connectivity index is 1.95. The molecule has 2 rings (SSSR count). The molecule has 0 saturated carbocycles. The van der Waals surface area contributed by atoms with Crippen molar-refractivity contribution in [2.45, 2.75) is 24.8 Å². The molecule has 0 aliphatic carbocycles. The Hall–Kier alpha value is -0.950. The summed E-state index contributed by atoms with van der Waals surface area (Å²) in [6.45, 7) is 7.30. The Morgan fingerprint density at radius 3 is 2.45 bits per heavy atom. The predicted molar refractivity (Wildman–Crippen MR) is 76.2 cm³/mol. The van der Waals surface area contributed by atoms with Crippen LogP contribution in [-0.2, 0) is 19.0 Å². The van der Waals surface area contributed by atoms with Gasteiger partial charge in [-0.3, -0.25) is 9.08 Å². The monoisotopic (exact) mass is 299 g/mol. The molecule has 1 aliphatic heterocycles. The second-order valence-corrected chi connectivity index (χ2v) is 6.66. The van der Waals surface area contributed by atoms with Crippen molar-refractivity contribution in [3.8, 4) is 0 Å². The van der Waals surface area contributed by atoms with Crippen molar-refractivity contribution in [3.63, 3.8) is 0 Å². The first-order valence-corrected chi connectivity index (χ1v) is 8.18. The standard InChI is InChI=1S/C14H21NO4S/c1-12-3-5-14(6-4-12)20(16,17)19-13(2)11-15-7-9-18-10-8-15/h3-6,13H,7-11H2,1-2H3. The van der Waals surface area contributed by atoms with E-state index >= 15 is 0 Å². The van der Waals surface area contributed by atoms with Crippen LogP contribution in [0.5, 0.6) is 0 Å². The Morgan fingerprint density at radius 2 is 1.85 bits per heavy atom. The maximum Gasteiger partial charge on any atom is 0.297 e. The molecule has 1 fully saturated rings. The third-order valence-electron chi connectivity index (χ3n) is 3.22. The minimum Gasteiger partial charge on any atom is -0.379 e. The minimum atomic E-state index is -3.68. The molecule has 20 heavy (non-hydrogen) atoms. The molecule has 1 aliphatic rings. The summed E-state index contributed by atoms with van der Waals surface area (Å²) in [5, 5.41) is 0. The van der Waals surface area contributed by atoms with Gasteiger partial charge in [-0.15, -0.1) is 0 Å². The number of nitrogens with zero attached hydrogens (tertiary/aromatic N) is 1. The first-order chi connectivity index (χ1) is 9.47. The molecular weight excluding hydrogens is 278 g/mol. The van der Waals surface area contributed by atoms with E-state index in [4.69, 9.17) is 8.92 Å². The quantitative estimate of drug-likeness (QED) is 0.770. The molecule has 6 heteroatoms. The molecule has 0 aromatic heterocycles. The van der Waals surface area contributed by atoms with Gasteiger partial charge in [0.15, 0.2) is 0 Å². The predicted octanol–water partition coefficient (Wildman–Crippen LogP) is 1.42. The fourth-order valence-corrected chi connectivity index (χ4v) is 3.23. The van der Waals surface area contributed by atoms with Gasteiger partial charge in [0.1, 0.15) is 0 Å². The second kappa shape index (κ2) is 6.67. The molecule has 1 heterocycles. The van der Waals surface area contributed by atoms with Gasteiger partial charge in [-0.1, -0.05) is 17.7 Å². The summed E-state index contributed by atoms with van der Waals surface area (Å²) in [6.07, 6.45) is -0.376. The second-order valence-electron chi connectivity index (χ2n) is 5.09. The third kappa shape index (κ3) is 4.28. The molecular formula is C14H21NO4S. The number of rotatable bonds is 5. The highest BCUT2D eigenvalue weighted by atomic mass is 32.2. The zero-order valence-electron chi connectivity index (χ0n) is 11.9. The van der Waals surface area contributed by atoms with Crippen LogP contribution in [0.3, 0.4) is 0 Å². The minimum absolute atomic E-state index is 0.205. The highest BCUT2D eigenvalue weighted by Gasteiger charge is 2.21. The summed E-state index contributed by atoms with van der Waals surface area (Å²) < 4.78 is 34.8. The van der Waals surface area contributed by atoms with E-state index in [1.54, 1.807) is 31.2 Å². The van der Waals surface area contributed by atoms with Gasteiger partial charge in [-0.2, -0.15) is 8.42 Å². The van der Waals surface area contributed by atoms with E-state index in [9.17, 15) is 8.42 Å². The van der Waals surface area contributed by atoms with E-state index in [-0.39, 0.29) is 11.0 Å². The van der Waals surface area contributed by atoms with Crippen molar-refractivity contribution in [1.82, 2.24) is 4.90 Å². The lowest BCUT2D eigenvalue weighted by Gasteiger charge is -2.28. The maximum atomic E-state index is 12.1. The van der Waals surface area contributed by atoms with Gasteiger partial charge < -0.3 is 4.74 Å². The Kier molecular flexibility index (Phi) is 5.15. The lowest BCUT2D eigenvalue weighted by Crippen LogP contribution is -2.41. The largest absolute Gasteiger partial charge is 0.379 e. The normalized spacial score (nSPS) is 18.9. The molecule has 0 spiro atoms. The molecule has 1 aromatic carbocycles. The fourth-order valence-electron chi connectivity index (χ4n) is 2.15. The first-order valence-electron chi connectivity index (χ1n) is 6.77. The number of aryl methyl sites for hydroxylation is 1. The number of morpholine rings is 1. The summed E-state index contributed by atoms with van der Waals surface area (Å²) in [4.78, 5) is 2.36. The van der Waals surface area contributed by atoms with E-state index in [1.807, 2.05) is 6.92 Å². The van der Waals surface area contributed by atoms with Crippen LogP contribution in [0.15, 0.2) is 29.2 Å². The average molecular weight is 299 g/mol. The van der Waals surface area contributed by atoms with E-state index in [2.05, 4.69) is 4.90 Å². The van der Waals surface area contributed by atoms with Gasteiger partial charge in [-0.25, -0.2) is 0 Å². The van der Waals surface area contributed by atoms with Crippen molar-refractivity contribution in [2.75, 3.05) is 32.8 Å². The van der Waals surface area contributed by atoms with Crippen LogP contribution in [0, 0.1) is 6.92 Å². The van der Waals surface area contributed by atoms with Crippen LogP contribution >= 0.6 is 0 Å². The van der Waals surface area contributed by atoms with Gasteiger partial charge in [-0.05, 0) is 26.0 Å². The number of hydrogen-bond donors (Lipinski definition) is 0. The third-order valence-corrected chi connectivity index (χ3v) is 4.65. The van der Waals surface area contributed by atoms with Crippen LogP contribution in [-0.4, -0.2) is 52.3 Å². The van der Waals surface area contributed by atoms with E-state index in [0.717, 1.165) is 18.7 Å². The topological polar surface area (TPSA) is 55.8 Å². The van der Waals surface area contributed by atoms with Crippen molar-refractivity contribution in [2.24, 2.45) is 0 Å². The van der Waals surface area contributed by atoms with Gasteiger partial charge in [0, 0.05) is 19.6 Å². The van der Waals surface area contributed by atoms with Crippen molar-refractivity contribution in [3.05, 3.63) is 29.8 Å². The maximum absolute atomic E-state index is 12.1. The van der Waals surface area contributed by atoms with Gasteiger partial charge in [0.2, 0.25) is 0 Å². The molecule has 5 nitrogen and oxygen atoms in total. The van der Waals surface area contributed by atoms with Crippen molar-refractivity contribution >= 4 is 10.1 Å². The van der Waals surface area contributed by atoms with Crippen LogP contribution in [0.25, 0.3) is 0 Å². The van der Waals surface area contributed by atoms with Crippen molar-refractivity contribution < 1.29 is 17.3 Å². The van der Waals surface area contributed by atoms with E-state index in [0.29, 0.717) is 19.8 Å². The lowest BCUT2D eigenvalue weighted by molar-refractivity contribution is 0.0227. The van der Waals surface area contributed by atoms with Gasteiger partial charge in [0.05, 0.1) is 24.2 Å². The SMILES string of the molecule is Cc1ccc(S(=O)(=O)OC(C)CN2CCOCC2)cc1. The Labute approximate surface area is 120 Å². The summed E-state index contributed by atoms with van der Waals surface area (Å²) in [5.74, 6) is 0. The fraction of sp³-hybridized carbons (Fsp3) is 0.571. The summed E-state index contributed by atoms with van der Waals surface area (Å²) >= 11 is 0. The molecule has 0 bridgehead atoms. The number of hydrogen-bond acceptors (Lipinski definition) is 5. The smallest absolute Gasteiger partial charge is 0.297 e. The van der Waals surface area contributed by atoms with Crippen LogP contribution in [0.2, 0.25) is 0 Å². The zero-order valence-corrected chi connectivity index (χ0v) is 12.7. The molecule has 1 unspecified atom stereocenters. The highest BCUT2D eigenvalue weighted by molar-refractivity contribution is 7.86. The molecule has 0 N–H and O–H groups in total. The molecule has 1 aromatic rings. The molecule has 1 saturated heterocycles. The van der Waals surface area contributed by atoms with Crippen molar-refractivity contribution in [1.29, 1.82) is 0 Å². The van der Waals surface area contributed by atoms with Crippen LogP contribution in [0.4, 0.5) is 0 Å². The first kappa shape index (κ1) is 15.4. The van der Waals surface area contributed by atoms with Crippen LogP contribution < -0.4 is 0 Å². The molecule has 112 valence electrons. The summed E-state index contributed by atoms with van der Waals surface area (Å²) in [5.41, 5.74) is 1.02. The average Bonchev–Trinajstić information content (AvgIpc) is 2.39. The van der Waals surface area contributed by atoms with Gasteiger partial charge in [0.25, 0.3) is 10.1 Å². The number of ether oxygens (including phenoxy) is 1. The van der Waals surface area contributed by atoms with Gasteiger partial charge >= 0.3 is 0 Å². The van der Waals surface area contributed by atoms with E-state index < -0.39 is 10.1 Å². The number of benzene rings is 1. The molecule has 0 radical (unpaired) electrons. The highest BCUT2D eigenvalue weighted by Crippen LogP contribution is 2.15. The molecule has 0 amide bonds. The lowest BCUT2D eigenvalue weighted by atomic mass is 10.2. The molecule has 1 atom stereocenters. The zero-order chi connectivity index (χ0) is 14.6. The summed E-state index contributed by atoms with van der Waals surface area (Å²) in [7, 11) is -3.68. The Morgan fingerprint density at radius 1 is 1.25 bits per heavy atom. The van der Waals surface area contributed by atoms with E-state index in [1.165, 1.54) is 0 Å². The summed E-state index contributed by atoms with van der Waals surface area (Å²) in [6, 6.07) is 6.68. The Bertz CT molecular complexity index is 521.